The van der Waals surface area contributed by atoms with Gasteiger partial charge in [0, 0.05) is 36.8 Å². The Kier molecular flexibility index (Phi) is 2.04. The van der Waals surface area contributed by atoms with E-state index in [-0.39, 0.29) is 0 Å². The fourth-order valence-corrected chi connectivity index (χ4v) is 1.86. The van der Waals surface area contributed by atoms with Crippen LogP contribution >= 0.6 is 0 Å². The molecular weight excluding hydrogens is 214 g/mol. The molecule has 3 rings (SSSR count). The molecule has 0 saturated heterocycles. The summed E-state index contributed by atoms with van der Waals surface area (Å²) in [6.07, 6.45) is 5.35. The van der Waals surface area contributed by atoms with Crippen LogP contribution in [0.1, 0.15) is 0 Å². The van der Waals surface area contributed by atoms with Crippen LogP contribution < -0.4 is 5.73 Å². The Balaban J connectivity index is 2.24. The molecule has 0 saturated carbocycles. The number of aromatic nitrogens is 4. The maximum Gasteiger partial charge on any atom is 0.159 e. The van der Waals surface area contributed by atoms with Crippen LogP contribution in [0, 0.1) is 0 Å². The lowest BCUT2D eigenvalue weighted by molar-refractivity contribution is 0.791. The van der Waals surface area contributed by atoms with Gasteiger partial charge in [0.25, 0.3) is 0 Å². The predicted octanol–water partition coefficient (Wildman–Crippen LogP) is 1.61. The summed E-state index contributed by atoms with van der Waals surface area (Å²) in [4.78, 5) is 8.46. The summed E-state index contributed by atoms with van der Waals surface area (Å²) < 4.78 is 1.68. The molecule has 0 amide bonds. The van der Waals surface area contributed by atoms with Gasteiger partial charge in [0.1, 0.15) is 0 Å². The highest BCUT2D eigenvalue weighted by Gasteiger charge is 2.08. The smallest absolute Gasteiger partial charge is 0.159 e. The summed E-state index contributed by atoms with van der Waals surface area (Å²) in [5, 5.41) is 5.01. The SMILES string of the molecule is Cn1nc(N)c2cc(-c3cccnc3)cnc21. The molecule has 5 heteroatoms. The van der Waals surface area contributed by atoms with Crippen LogP contribution in [0.15, 0.2) is 36.8 Å². The van der Waals surface area contributed by atoms with Crippen molar-refractivity contribution in [3.63, 3.8) is 0 Å². The molecule has 5 nitrogen and oxygen atoms in total. The van der Waals surface area contributed by atoms with Crippen LogP contribution in [-0.4, -0.2) is 19.7 Å². The predicted molar refractivity (Wildman–Crippen MR) is 66.2 cm³/mol. The molecule has 0 aromatic carbocycles. The van der Waals surface area contributed by atoms with Crippen molar-refractivity contribution >= 4 is 16.9 Å². The minimum absolute atomic E-state index is 0.501. The maximum atomic E-state index is 5.84. The normalized spacial score (nSPS) is 10.9. The van der Waals surface area contributed by atoms with E-state index in [0.717, 1.165) is 22.2 Å². The van der Waals surface area contributed by atoms with Crippen molar-refractivity contribution in [2.24, 2.45) is 7.05 Å². The van der Waals surface area contributed by atoms with Gasteiger partial charge in [-0.15, -0.1) is 0 Å². The van der Waals surface area contributed by atoms with E-state index in [0.29, 0.717) is 5.82 Å². The molecule has 0 fully saturated rings. The number of hydrogen-bond donors (Lipinski definition) is 1. The molecule has 0 aliphatic rings. The topological polar surface area (TPSA) is 69.6 Å². The van der Waals surface area contributed by atoms with Gasteiger partial charge in [-0.2, -0.15) is 5.10 Å². The minimum Gasteiger partial charge on any atom is -0.382 e. The fraction of sp³-hybridized carbons (Fsp3) is 0.0833. The number of nitrogens with zero attached hydrogens (tertiary/aromatic N) is 4. The van der Waals surface area contributed by atoms with Crippen LogP contribution in [0.25, 0.3) is 22.2 Å². The monoisotopic (exact) mass is 225 g/mol. The van der Waals surface area contributed by atoms with Crippen LogP contribution in [-0.2, 0) is 7.05 Å². The summed E-state index contributed by atoms with van der Waals surface area (Å²) in [5.41, 5.74) is 8.63. The van der Waals surface area contributed by atoms with E-state index in [1.807, 2.05) is 25.2 Å². The molecule has 0 spiro atoms. The fourth-order valence-electron chi connectivity index (χ4n) is 1.86. The van der Waals surface area contributed by atoms with E-state index in [1.165, 1.54) is 0 Å². The van der Waals surface area contributed by atoms with E-state index in [9.17, 15) is 0 Å². The Hall–Kier alpha value is -2.43. The molecule has 0 atom stereocenters. The number of anilines is 1. The number of nitrogen functional groups attached to an aromatic ring is 1. The van der Waals surface area contributed by atoms with Crippen molar-refractivity contribution in [3.05, 3.63) is 36.8 Å². The van der Waals surface area contributed by atoms with Gasteiger partial charge in [-0.1, -0.05) is 6.07 Å². The number of pyridine rings is 2. The third kappa shape index (κ3) is 1.52. The molecule has 84 valence electrons. The first-order chi connectivity index (χ1) is 8.25. The van der Waals surface area contributed by atoms with Crippen LogP contribution in [0.3, 0.4) is 0 Å². The third-order valence-corrected chi connectivity index (χ3v) is 2.70. The van der Waals surface area contributed by atoms with Gasteiger partial charge >= 0.3 is 0 Å². The number of fused-ring (bicyclic) bond motifs is 1. The van der Waals surface area contributed by atoms with Crippen LogP contribution in [0.4, 0.5) is 5.82 Å². The second kappa shape index (κ2) is 3.55. The molecule has 3 heterocycles. The van der Waals surface area contributed by atoms with E-state index < -0.39 is 0 Å². The van der Waals surface area contributed by atoms with E-state index in [4.69, 9.17) is 5.73 Å². The average molecular weight is 225 g/mol. The zero-order valence-corrected chi connectivity index (χ0v) is 9.33. The summed E-state index contributed by atoms with van der Waals surface area (Å²) in [5.74, 6) is 0.501. The highest BCUT2D eigenvalue weighted by Crippen LogP contribution is 2.24. The van der Waals surface area contributed by atoms with Gasteiger partial charge in [-0.3, -0.25) is 4.98 Å². The maximum absolute atomic E-state index is 5.84. The zero-order valence-electron chi connectivity index (χ0n) is 9.33. The summed E-state index contributed by atoms with van der Waals surface area (Å²) in [6.45, 7) is 0. The number of aryl methyl sites for hydroxylation is 1. The first-order valence-corrected chi connectivity index (χ1v) is 5.24. The number of hydrogen-bond acceptors (Lipinski definition) is 4. The van der Waals surface area contributed by atoms with Crippen molar-refractivity contribution in [1.29, 1.82) is 0 Å². The Morgan fingerprint density at radius 2 is 2.12 bits per heavy atom. The van der Waals surface area contributed by atoms with Crippen molar-refractivity contribution in [2.75, 3.05) is 5.73 Å². The first kappa shape index (κ1) is 9.77. The van der Waals surface area contributed by atoms with E-state index in [2.05, 4.69) is 15.1 Å². The lowest BCUT2D eigenvalue weighted by atomic mass is 10.1. The molecule has 0 radical (unpaired) electrons. The Morgan fingerprint density at radius 1 is 1.24 bits per heavy atom. The standard InChI is InChI=1S/C12H11N5/c1-17-12-10(11(13)16-17)5-9(7-15-12)8-3-2-4-14-6-8/h2-7H,1H3,(H2,13,16). The zero-order chi connectivity index (χ0) is 11.8. The van der Waals surface area contributed by atoms with Gasteiger partial charge in [0.05, 0.1) is 5.39 Å². The van der Waals surface area contributed by atoms with E-state index in [1.54, 1.807) is 23.3 Å². The molecule has 2 N–H and O–H groups in total. The highest BCUT2D eigenvalue weighted by atomic mass is 15.3. The van der Waals surface area contributed by atoms with Gasteiger partial charge in [0.2, 0.25) is 0 Å². The van der Waals surface area contributed by atoms with Crippen molar-refractivity contribution in [2.45, 2.75) is 0 Å². The quantitative estimate of drug-likeness (QED) is 0.683. The average Bonchev–Trinajstić information content (AvgIpc) is 2.66. The molecular formula is C12H11N5. The minimum atomic E-state index is 0.501. The lowest BCUT2D eigenvalue weighted by Crippen LogP contribution is -1.92. The van der Waals surface area contributed by atoms with Crippen molar-refractivity contribution < 1.29 is 0 Å². The van der Waals surface area contributed by atoms with Gasteiger partial charge in [-0.05, 0) is 12.1 Å². The second-order valence-corrected chi connectivity index (χ2v) is 3.85. The molecule has 17 heavy (non-hydrogen) atoms. The molecule has 3 aromatic rings. The summed E-state index contributed by atoms with van der Waals surface area (Å²) in [6, 6.07) is 5.87. The molecule has 0 bridgehead atoms. The molecule has 0 aliphatic carbocycles. The first-order valence-electron chi connectivity index (χ1n) is 5.24. The summed E-state index contributed by atoms with van der Waals surface area (Å²) >= 11 is 0. The largest absolute Gasteiger partial charge is 0.382 e. The molecule has 3 aromatic heterocycles. The Morgan fingerprint density at radius 3 is 2.88 bits per heavy atom. The second-order valence-electron chi connectivity index (χ2n) is 3.85. The van der Waals surface area contributed by atoms with Gasteiger partial charge < -0.3 is 5.73 Å². The third-order valence-electron chi connectivity index (χ3n) is 2.70. The van der Waals surface area contributed by atoms with E-state index >= 15 is 0 Å². The number of nitrogens with two attached hydrogens (primary N) is 1. The molecule has 0 aliphatic heterocycles. The number of rotatable bonds is 1. The molecule has 0 unspecified atom stereocenters. The summed E-state index contributed by atoms with van der Waals surface area (Å²) in [7, 11) is 1.83. The van der Waals surface area contributed by atoms with Crippen LogP contribution in [0.5, 0.6) is 0 Å². The van der Waals surface area contributed by atoms with Gasteiger partial charge in [-0.25, -0.2) is 9.67 Å². The van der Waals surface area contributed by atoms with Crippen LogP contribution in [0.2, 0.25) is 0 Å². The Labute approximate surface area is 97.9 Å². The Bertz CT molecular complexity index is 672. The van der Waals surface area contributed by atoms with Crippen molar-refractivity contribution in [1.82, 2.24) is 19.7 Å². The highest BCUT2D eigenvalue weighted by molar-refractivity contribution is 5.89. The lowest BCUT2D eigenvalue weighted by Gasteiger charge is -2.00. The van der Waals surface area contributed by atoms with Gasteiger partial charge in [0.15, 0.2) is 11.5 Å². The van der Waals surface area contributed by atoms with Crippen molar-refractivity contribution in [3.8, 4) is 11.1 Å².